The molecule has 4 aromatic rings. The number of hydrogen-bond acceptors (Lipinski definition) is 5. The van der Waals surface area contributed by atoms with Crippen molar-refractivity contribution < 1.29 is 17.9 Å². The van der Waals surface area contributed by atoms with E-state index < -0.39 is 10.0 Å². The Balaban J connectivity index is 1.44. The summed E-state index contributed by atoms with van der Waals surface area (Å²) in [5.41, 5.74) is 1.66. The molecular weight excluding hydrogens is 432 g/mol. The van der Waals surface area contributed by atoms with E-state index in [0.29, 0.717) is 17.8 Å². The second-order valence-electron chi connectivity index (χ2n) is 6.85. The molecule has 0 spiro atoms. The summed E-state index contributed by atoms with van der Waals surface area (Å²) >= 11 is 1.13. The second-order valence-corrected chi connectivity index (χ2v) is 9.71. The topological polar surface area (TPSA) is 84.5 Å². The fourth-order valence-corrected chi connectivity index (χ4v) is 5.18. The molecule has 0 saturated heterocycles. The molecule has 1 aromatic heterocycles. The van der Waals surface area contributed by atoms with Gasteiger partial charge in [0.05, 0.1) is 7.11 Å². The number of anilines is 1. The van der Waals surface area contributed by atoms with E-state index in [9.17, 15) is 13.2 Å². The molecule has 0 radical (unpaired) electrons. The minimum Gasteiger partial charge on any atom is -0.497 e. The molecule has 1 amide bonds. The Morgan fingerprint density at radius 2 is 1.77 bits per heavy atom. The van der Waals surface area contributed by atoms with E-state index in [1.807, 2.05) is 36.4 Å². The lowest BCUT2D eigenvalue weighted by Crippen LogP contribution is -2.23. The number of carbonyl (C=O) groups excluding carboxylic acids is 1. The fourth-order valence-electron chi connectivity index (χ4n) is 3.14. The van der Waals surface area contributed by atoms with Gasteiger partial charge in [0, 0.05) is 17.8 Å². The second kappa shape index (κ2) is 8.79. The number of fused-ring (bicyclic) bond motifs is 1. The van der Waals surface area contributed by atoms with Crippen LogP contribution in [0.3, 0.4) is 0 Å². The van der Waals surface area contributed by atoms with Gasteiger partial charge in [-0.05, 0) is 64.2 Å². The molecule has 2 N–H and O–H groups in total. The predicted molar refractivity (Wildman–Crippen MR) is 123 cm³/mol. The molecule has 6 nitrogen and oxygen atoms in total. The molecular formula is C23H20N2O4S2. The lowest BCUT2D eigenvalue weighted by Gasteiger charge is -2.10. The van der Waals surface area contributed by atoms with E-state index >= 15 is 0 Å². The molecule has 0 unspecified atom stereocenters. The molecule has 0 fully saturated rings. The Morgan fingerprint density at radius 3 is 2.55 bits per heavy atom. The third-order valence-corrected chi connectivity index (χ3v) is 7.48. The summed E-state index contributed by atoms with van der Waals surface area (Å²) in [6, 6.07) is 21.4. The maximum absolute atomic E-state index is 12.6. The number of amides is 1. The van der Waals surface area contributed by atoms with Crippen LogP contribution in [0.25, 0.3) is 10.8 Å². The first-order valence-corrected chi connectivity index (χ1v) is 11.8. The molecule has 3 aromatic carbocycles. The smallest absolute Gasteiger partial charge is 0.271 e. The van der Waals surface area contributed by atoms with Crippen molar-refractivity contribution in [1.29, 1.82) is 0 Å². The summed E-state index contributed by atoms with van der Waals surface area (Å²) in [6.07, 6.45) is 0. The SMILES string of the molecule is COc1ccc2cc(CNC(=O)c3cccc(NS(=O)(=O)c4cccs4)c3)ccc2c1. The number of hydrogen-bond donors (Lipinski definition) is 2. The van der Waals surface area contributed by atoms with Gasteiger partial charge in [-0.3, -0.25) is 9.52 Å². The van der Waals surface area contributed by atoms with E-state index in [4.69, 9.17) is 4.74 Å². The molecule has 0 bridgehead atoms. The van der Waals surface area contributed by atoms with Gasteiger partial charge in [-0.1, -0.05) is 30.3 Å². The standard InChI is InChI=1S/C23H20N2O4S2/c1-29-21-10-9-17-12-16(7-8-18(17)14-21)15-24-23(26)19-4-2-5-20(13-19)25-31(27,28)22-6-3-11-30-22/h2-14,25H,15H2,1H3,(H,24,26). The zero-order chi connectivity index (χ0) is 21.8. The van der Waals surface area contributed by atoms with Crippen LogP contribution in [0.2, 0.25) is 0 Å². The van der Waals surface area contributed by atoms with Crippen molar-refractivity contribution in [2.75, 3.05) is 11.8 Å². The Morgan fingerprint density at radius 1 is 0.968 bits per heavy atom. The number of nitrogens with one attached hydrogen (secondary N) is 2. The Kier molecular flexibility index (Phi) is 5.92. The highest BCUT2D eigenvalue weighted by Gasteiger charge is 2.16. The lowest BCUT2D eigenvalue weighted by atomic mass is 10.1. The van der Waals surface area contributed by atoms with Crippen molar-refractivity contribution in [3.8, 4) is 5.75 Å². The highest BCUT2D eigenvalue weighted by Crippen LogP contribution is 2.23. The molecule has 0 saturated carbocycles. The molecule has 0 aliphatic heterocycles. The van der Waals surface area contributed by atoms with E-state index in [1.54, 1.807) is 36.8 Å². The molecule has 158 valence electrons. The van der Waals surface area contributed by atoms with Crippen LogP contribution in [0.4, 0.5) is 5.69 Å². The summed E-state index contributed by atoms with van der Waals surface area (Å²) < 4.78 is 32.8. The summed E-state index contributed by atoms with van der Waals surface area (Å²) in [5.74, 6) is 0.509. The van der Waals surface area contributed by atoms with Crippen molar-refractivity contribution in [2.45, 2.75) is 10.8 Å². The molecule has 4 rings (SSSR count). The quantitative estimate of drug-likeness (QED) is 0.428. The number of ether oxygens (including phenoxy) is 1. The van der Waals surface area contributed by atoms with Gasteiger partial charge in [0.1, 0.15) is 9.96 Å². The van der Waals surface area contributed by atoms with Gasteiger partial charge in [-0.2, -0.15) is 0 Å². The van der Waals surface area contributed by atoms with Crippen LogP contribution in [-0.4, -0.2) is 21.4 Å². The largest absolute Gasteiger partial charge is 0.497 e. The third-order valence-electron chi connectivity index (χ3n) is 4.70. The van der Waals surface area contributed by atoms with Crippen LogP contribution in [0.1, 0.15) is 15.9 Å². The van der Waals surface area contributed by atoms with E-state index in [-0.39, 0.29) is 10.1 Å². The van der Waals surface area contributed by atoms with Crippen molar-refractivity contribution in [3.63, 3.8) is 0 Å². The van der Waals surface area contributed by atoms with Gasteiger partial charge in [0.15, 0.2) is 0 Å². The predicted octanol–water partition coefficient (Wildman–Crippen LogP) is 4.64. The van der Waals surface area contributed by atoms with Crippen molar-refractivity contribution in [3.05, 3.63) is 89.3 Å². The Hall–Kier alpha value is -3.36. The van der Waals surface area contributed by atoms with Gasteiger partial charge in [-0.15, -0.1) is 11.3 Å². The monoisotopic (exact) mass is 452 g/mol. The average Bonchev–Trinajstić information content (AvgIpc) is 3.33. The lowest BCUT2D eigenvalue weighted by molar-refractivity contribution is 0.0951. The maximum atomic E-state index is 12.6. The minimum absolute atomic E-state index is 0.219. The zero-order valence-electron chi connectivity index (χ0n) is 16.7. The number of thiophene rings is 1. The van der Waals surface area contributed by atoms with Crippen LogP contribution in [0.5, 0.6) is 5.75 Å². The third kappa shape index (κ3) is 4.87. The first kappa shape index (κ1) is 20.9. The maximum Gasteiger partial charge on any atom is 0.271 e. The van der Waals surface area contributed by atoms with Gasteiger partial charge < -0.3 is 10.1 Å². The number of carbonyl (C=O) groups is 1. The summed E-state index contributed by atoms with van der Waals surface area (Å²) in [5, 5.41) is 6.69. The Labute approximate surface area is 184 Å². The highest BCUT2D eigenvalue weighted by atomic mass is 32.2. The van der Waals surface area contributed by atoms with Crippen molar-refractivity contribution >= 4 is 43.7 Å². The van der Waals surface area contributed by atoms with Crippen molar-refractivity contribution in [1.82, 2.24) is 5.32 Å². The number of sulfonamides is 1. The Bertz CT molecular complexity index is 1330. The average molecular weight is 453 g/mol. The van der Waals surface area contributed by atoms with Crippen LogP contribution in [0.15, 0.2) is 82.4 Å². The number of rotatable bonds is 7. The number of benzene rings is 3. The molecule has 1 heterocycles. The van der Waals surface area contributed by atoms with Crippen LogP contribution >= 0.6 is 11.3 Å². The van der Waals surface area contributed by atoms with Crippen LogP contribution in [0, 0.1) is 0 Å². The molecule has 31 heavy (non-hydrogen) atoms. The summed E-state index contributed by atoms with van der Waals surface area (Å²) in [7, 11) is -2.03. The van der Waals surface area contributed by atoms with Gasteiger partial charge in [0.2, 0.25) is 0 Å². The summed E-state index contributed by atoms with van der Waals surface area (Å²) in [4.78, 5) is 12.6. The first-order chi connectivity index (χ1) is 14.9. The number of methoxy groups -OCH3 is 1. The van der Waals surface area contributed by atoms with Crippen LogP contribution in [-0.2, 0) is 16.6 Å². The van der Waals surface area contributed by atoms with E-state index in [2.05, 4.69) is 10.0 Å². The fraction of sp³-hybridized carbons (Fsp3) is 0.0870. The van der Waals surface area contributed by atoms with Gasteiger partial charge in [-0.25, -0.2) is 8.42 Å². The normalized spacial score (nSPS) is 11.3. The van der Waals surface area contributed by atoms with Gasteiger partial charge in [0.25, 0.3) is 15.9 Å². The van der Waals surface area contributed by atoms with Gasteiger partial charge >= 0.3 is 0 Å². The molecule has 0 aliphatic carbocycles. The van der Waals surface area contributed by atoms with Crippen molar-refractivity contribution in [2.24, 2.45) is 0 Å². The summed E-state index contributed by atoms with van der Waals surface area (Å²) in [6.45, 7) is 0.353. The molecule has 0 atom stereocenters. The van der Waals surface area contributed by atoms with E-state index in [0.717, 1.165) is 33.4 Å². The van der Waals surface area contributed by atoms with E-state index in [1.165, 1.54) is 12.1 Å². The molecule has 0 aliphatic rings. The highest BCUT2D eigenvalue weighted by molar-refractivity contribution is 7.94. The minimum atomic E-state index is -3.67. The zero-order valence-corrected chi connectivity index (χ0v) is 18.3. The van der Waals surface area contributed by atoms with Crippen LogP contribution < -0.4 is 14.8 Å². The molecule has 8 heteroatoms. The first-order valence-electron chi connectivity index (χ1n) is 9.46.